The van der Waals surface area contributed by atoms with Crippen molar-refractivity contribution in [3.05, 3.63) is 69.4 Å². The lowest BCUT2D eigenvalue weighted by atomic mass is 10.4. The predicted molar refractivity (Wildman–Crippen MR) is 83.8 cm³/mol. The van der Waals surface area contributed by atoms with E-state index in [0.717, 1.165) is 10.0 Å². The summed E-state index contributed by atoms with van der Waals surface area (Å²) in [5.74, 6) is 0. The van der Waals surface area contributed by atoms with Crippen LogP contribution in [0, 0.1) is 0 Å². The molecule has 2 aromatic carbocycles. The van der Waals surface area contributed by atoms with Crippen molar-refractivity contribution in [2.75, 3.05) is 0 Å². The molecule has 0 N–H and O–H groups in total. The minimum absolute atomic E-state index is 0.763. The highest BCUT2D eigenvalue weighted by molar-refractivity contribution is 8.05. The Hall–Kier alpha value is -0.540. The highest BCUT2D eigenvalue weighted by Gasteiger charge is 1.92. The van der Waals surface area contributed by atoms with Gasteiger partial charge in [0.2, 0.25) is 0 Å². The molecule has 0 radical (unpaired) electrons. The molecule has 0 nitrogen and oxygen atoms in total. The maximum absolute atomic E-state index is 5.82. The summed E-state index contributed by atoms with van der Waals surface area (Å²) < 4.78 is 0. The molecule has 0 aliphatic carbocycles. The van der Waals surface area contributed by atoms with Crippen LogP contribution in [0.4, 0.5) is 0 Å². The number of rotatable bonds is 4. The Balaban J connectivity index is 1.85. The molecule has 0 heterocycles. The van der Waals surface area contributed by atoms with Gasteiger partial charge in [-0.1, -0.05) is 46.7 Å². The first-order valence-electron chi connectivity index (χ1n) is 5.23. The van der Waals surface area contributed by atoms with E-state index in [1.165, 1.54) is 9.79 Å². The Morgan fingerprint density at radius 2 is 0.944 bits per heavy atom. The third-order valence-electron chi connectivity index (χ3n) is 2.09. The SMILES string of the molecule is Clc1ccc(S/C=C\Sc2ccc(Cl)cc2)cc1. The van der Waals surface area contributed by atoms with E-state index in [0.29, 0.717) is 0 Å². The first-order valence-corrected chi connectivity index (χ1v) is 7.75. The third kappa shape index (κ3) is 4.62. The van der Waals surface area contributed by atoms with Crippen LogP contribution in [0.2, 0.25) is 10.0 Å². The molecule has 0 spiro atoms. The fourth-order valence-corrected chi connectivity index (χ4v) is 2.84. The molecular formula is C14H10Cl2S2. The highest BCUT2D eigenvalue weighted by Crippen LogP contribution is 2.25. The Labute approximate surface area is 125 Å². The molecule has 0 atom stereocenters. The molecule has 2 rings (SSSR count). The Morgan fingerprint density at radius 3 is 1.28 bits per heavy atom. The van der Waals surface area contributed by atoms with Gasteiger partial charge in [-0.2, -0.15) is 0 Å². The van der Waals surface area contributed by atoms with Crippen LogP contribution in [-0.2, 0) is 0 Å². The highest BCUT2D eigenvalue weighted by atomic mass is 35.5. The van der Waals surface area contributed by atoms with Gasteiger partial charge in [0, 0.05) is 19.8 Å². The molecular weight excluding hydrogens is 303 g/mol. The van der Waals surface area contributed by atoms with E-state index in [9.17, 15) is 0 Å². The van der Waals surface area contributed by atoms with Gasteiger partial charge >= 0.3 is 0 Å². The van der Waals surface area contributed by atoms with Crippen molar-refractivity contribution < 1.29 is 0 Å². The predicted octanol–water partition coefficient (Wildman–Crippen LogP) is 6.35. The fraction of sp³-hybridized carbons (Fsp3) is 0. The van der Waals surface area contributed by atoms with Crippen LogP contribution in [0.3, 0.4) is 0 Å². The van der Waals surface area contributed by atoms with Gasteiger partial charge in [-0.05, 0) is 59.3 Å². The summed E-state index contributed by atoms with van der Waals surface area (Å²) >= 11 is 15.0. The first-order chi connectivity index (χ1) is 8.74. The van der Waals surface area contributed by atoms with Crippen molar-refractivity contribution >= 4 is 46.7 Å². The summed E-state index contributed by atoms with van der Waals surface area (Å²) in [4.78, 5) is 2.35. The normalized spacial score (nSPS) is 11.0. The molecule has 0 aromatic heterocycles. The number of hydrogen-bond donors (Lipinski definition) is 0. The molecule has 92 valence electrons. The lowest BCUT2D eigenvalue weighted by Gasteiger charge is -1.97. The Bertz CT molecular complexity index is 469. The second-order valence-electron chi connectivity index (χ2n) is 3.42. The van der Waals surface area contributed by atoms with E-state index in [1.807, 2.05) is 48.5 Å². The van der Waals surface area contributed by atoms with Crippen molar-refractivity contribution in [3.63, 3.8) is 0 Å². The molecule has 0 unspecified atom stereocenters. The van der Waals surface area contributed by atoms with Crippen molar-refractivity contribution in [1.82, 2.24) is 0 Å². The first kappa shape index (κ1) is 13.9. The van der Waals surface area contributed by atoms with Gasteiger partial charge in [-0.25, -0.2) is 0 Å². The molecule has 0 saturated heterocycles. The molecule has 0 aliphatic heterocycles. The lowest BCUT2D eigenvalue weighted by molar-refractivity contribution is 1.47. The van der Waals surface area contributed by atoms with E-state index < -0.39 is 0 Å². The van der Waals surface area contributed by atoms with Crippen molar-refractivity contribution in [3.8, 4) is 0 Å². The summed E-state index contributed by atoms with van der Waals surface area (Å²) in [7, 11) is 0. The second-order valence-corrected chi connectivity index (χ2v) is 6.25. The van der Waals surface area contributed by atoms with Gasteiger partial charge in [-0.3, -0.25) is 0 Å². The zero-order chi connectivity index (χ0) is 12.8. The quantitative estimate of drug-likeness (QED) is 0.603. The Morgan fingerprint density at radius 1 is 0.611 bits per heavy atom. The van der Waals surface area contributed by atoms with Crippen LogP contribution in [0.15, 0.2) is 69.1 Å². The summed E-state index contributed by atoms with van der Waals surface area (Å²) in [5, 5.41) is 5.64. The minimum Gasteiger partial charge on any atom is -0.0975 e. The van der Waals surface area contributed by atoms with Crippen LogP contribution in [0.25, 0.3) is 0 Å². The maximum atomic E-state index is 5.82. The molecule has 4 heteroatoms. The van der Waals surface area contributed by atoms with Crippen LogP contribution in [-0.4, -0.2) is 0 Å². The van der Waals surface area contributed by atoms with Gasteiger partial charge in [0.15, 0.2) is 0 Å². The summed E-state index contributed by atoms with van der Waals surface area (Å²) in [6.45, 7) is 0. The van der Waals surface area contributed by atoms with Crippen molar-refractivity contribution in [1.29, 1.82) is 0 Å². The van der Waals surface area contributed by atoms with Crippen LogP contribution >= 0.6 is 46.7 Å². The van der Waals surface area contributed by atoms with E-state index in [4.69, 9.17) is 23.2 Å². The number of halogens is 2. The molecule has 0 bridgehead atoms. The summed E-state index contributed by atoms with van der Waals surface area (Å²) in [6.07, 6.45) is 0. The van der Waals surface area contributed by atoms with Gasteiger partial charge in [0.1, 0.15) is 0 Å². The van der Waals surface area contributed by atoms with Crippen molar-refractivity contribution in [2.45, 2.75) is 9.79 Å². The lowest BCUT2D eigenvalue weighted by Crippen LogP contribution is -1.68. The fourth-order valence-electron chi connectivity index (χ4n) is 1.24. The van der Waals surface area contributed by atoms with E-state index >= 15 is 0 Å². The van der Waals surface area contributed by atoms with Crippen molar-refractivity contribution in [2.24, 2.45) is 0 Å². The maximum Gasteiger partial charge on any atom is 0.0406 e. The molecule has 0 fully saturated rings. The number of benzene rings is 2. The van der Waals surface area contributed by atoms with E-state index in [1.54, 1.807) is 23.5 Å². The molecule has 18 heavy (non-hydrogen) atoms. The van der Waals surface area contributed by atoms with Gasteiger partial charge in [0.05, 0.1) is 0 Å². The number of hydrogen-bond acceptors (Lipinski definition) is 2. The standard InChI is InChI=1S/C14H10Cl2S2/c15-11-1-5-13(6-2-11)17-9-10-18-14-7-3-12(16)4-8-14/h1-10H/b10-9-. The molecule has 2 aromatic rings. The Kier molecular flexibility index (Phi) is 5.51. The summed E-state index contributed by atoms with van der Waals surface area (Å²) in [5.41, 5.74) is 0. The molecule has 0 amide bonds. The van der Waals surface area contributed by atoms with Gasteiger partial charge in [-0.15, -0.1) is 0 Å². The topological polar surface area (TPSA) is 0 Å². The molecule has 0 saturated carbocycles. The van der Waals surface area contributed by atoms with Crippen LogP contribution in [0.1, 0.15) is 0 Å². The second kappa shape index (κ2) is 7.15. The van der Waals surface area contributed by atoms with E-state index in [2.05, 4.69) is 10.8 Å². The monoisotopic (exact) mass is 312 g/mol. The zero-order valence-electron chi connectivity index (χ0n) is 9.35. The average Bonchev–Trinajstić information content (AvgIpc) is 2.39. The van der Waals surface area contributed by atoms with E-state index in [-0.39, 0.29) is 0 Å². The largest absolute Gasteiger partial charge is 0.0975 e. The van der Waals surface area contributed by atoms with Gasteiger partial charge < -0.3 is 0 Å². The van der Waals surface area contributed by atoms with Crippen LogP contribution in [0.5, 0.6) is 0 Å². The molecule has 0 aliphatic rings. The minimum atomic E-state index is 0.763. The smallest absolute Gasteiger partial charge is 0.0406 e. The average molecular weight is 313 g/mol. The summed E-state index contributed by atoms with van der Waals surface area (Å²) in [6, 6.07) is 15.6. The number of thioether (sulfide) groups is 2. The van der Waals surface area contributed by atoms with Gasteiger partial charge in [0.25, 0.3) is 0 Å². The van der Waals surface area contributed by atoms with Crippen LogP contribution < -0.4 is 0 Å². The third-order valence-corrected chi connectivity index (χ3v) is 4.40. The zero-order valence-corrected chi connectivity index (χ0v) is 12.5.